The molecule has 1 N–H and O–H groups in total. The molecule has 0 saturated carbocycles. The third-order valence-electron chi connectivity index (χ3n) is 2.98. The van der Waals surface area contributed by atoms with Crippen molar-refractivity contribution in [3.8, 4) is 0 Å². The summed E-state index contributed by atoms with van der Waals surface area (Å²) in [5.41, 5.74) is 1.64. The van der Waals surface area contributed by atoms with E-state index in [0.29, 0.717) is 5.02 Å². The fourth-order valence-electron chi connectivity index (χ4n) is 1.96. The monoisotopic (exact) mass is 246 g/mol. The van der Waals surface area contributed by atoms with Crippen molar-refractivity contribution in [2.75, 3.05) is 0 Å². The first-order valence-corrected chi connectivity index (χ1v) is 5.94. The first-order valence-electron chi connectivity index (χ1n) is 5.56. The van der Waals surface area contributed by atoms with Crippen molar-refractivity contribution in [1.82, 2.24) is 0 Å². The molecular weight excluding hydrogens is 232 g/mol. The molecule has 0 aromatic heterocycles. The van der Waals surface area contributed by atoms with Gasteiger partial charge in [0.05, 0.1) is 0 Å². The van der Waals surface area contributed by atoms with E-state index in [0.717, 1.165) is 16.7 Å². The Hall–Kier alpha value is -1.31. The minimum absolute atomic E-state index is 0.582. The molecule has 0 saturated heterocycles. The Balaban J connectivity index is 2.53. The normalized spacial score (nSPS) is 14.4. The van der Waals surface area contributed by atoms with Gasteiger partial charge in [-0.15, -0.1) is 0 Å². The van der Waals surface area contributed by atoms with Gasteiger partial charge < -0.3 is 5.11 Å². The van der Waals surface area contributed by atoms with E-state index < -0.39 is 5.60 Å². The molecule has 0 bridgehead atoms. The summed E-state index contributed by atoms with van der Waals surface area (Å²) < 4.78 is 0. The number of benzene rings is 2. The first-order chi connectivity index (χ1) is 8.01. The maximum atomic E-state index is 10.7. The van der Waals surface area contributed by atoms with Gasteiger partial charge in [-0.3, -0.25) is 0 Å². The molecule has 88 valence electrons. The van der Waals surface area contributed by atoms with Crippen molar-refractivity contribution >= 4 is 11.6 Å². The highest BCUT2D eigenvalue weighted by Crippen LogP contribution is 2.33. The SMILES string of the molecule is Cc1cccc(C(C)(O)c2ccccc2Cl)c1. The smallest absolute Gasteiger partial charge is 0.113 e. The number of halogens is 1. The largest absolute Gasteiger partial charge is 0.381 e. The Morgan fingerprint density at radius 3 is 2.41 bits per heavy atom. The molecule has 0 aliphatic rings. The van der Waals surface area contributed by atoms with Crippen molar-refractivity contribution in [2.24, 2.45) is 0 Å². The second kappa shape index (κ2) is 4.52. The van der Waals surface area contributed by atoms with E-state index >= 15 is 0 Å². The third kappa shape index (κ3) is 2.36. The summed E-state index contributed by atoms with van der Waals surface area (Å²) in [6.45, 7) is 3.77. The molecule has 2 aromatic rings. The molecule has 1 unspecified atom stereocenters. The van der Waals surface area contributed by atoms with Crippen LogP contribution in [-0.2, 0) is 5.60 Å². The fraction of sp³-hybridized carbons (Fsp3) is 0.200. The van der Waals surface area contributed by atoms with Gasteiger partial charge in [0.1, 0.15) is 5.60 Å². The lowest BCUT2D eigenvalue weighted by atomic mass is 9.87. The van der Waals surface area contributed by atoms with Crippen LogP contribution in [0.2, 0.25) is 5.02 Å². The average molecular weight is 247 g/mol. The summed E-state index contributed by atoms with van der Waals surface area (Å²) in [5, 5.41) is 11.3. The Morgan fingerprint density at radius 1 is 1.06 bits per heavy atom. The Kier molecular flexibility index (Phi) is 3.23. The Labute approximate surface area is 107 Å². The quantitative estimate of drug-likeness (QED) is 0.852. The van der Waals surface area contributed by atoms with Gasteiger partial charge in [0.15, 0.2) is 0 Å². The van der Waals surface area contributed by atoms with Gasteiger partial charge in [0.25, 0.3) is 0 Å². The van der Waals surface area contributed by atoms with Gasteiger partial charge in [0.2, 0.25) is 0 Å². The molecule has 0 aliphatic carbocycles. The molecule has 0 fully saturated rings. The average Bonchev–Trinajstić information content (AvgIpc) is 2.29. The van der Waals surface area contributed by atoms with Gasteiger partial charge in [-0.2, -0.15) is 0 Å². The van der Waals surface area contributed by atoms with Crippen LogP contribution in [0.15, 0.2) is 48.5 Å². The number of hydrogen-bond acceptors (Lipinski definition) is 1. The van der Waals surface area contributed by atoms with E-state index in [1.807, 2.05) is 49.4 Å². The Morgan fingerprint density at radius 2 is 1.76 bits per heavy atom. The summed E-state index contributed by atoms with van der Waals surface area (Å²) in [7, 11) is 0. The maximum absolute atomic E-state index is 10.7. The van der Waals surface area contributed by atoms with Gasteiger partial charge in [-0.1, -0.05) is 59.6 Å². The van der Waals surface area contributed by atoms with Crippen LogP contribution in [0.25, 0.3) is 0 Å². The molecule has 2 rings (SSSR count). The van der Waals surface area contributed by atoms with Crippen LogP contribution in [0.3, 0.4) is 0 Å². The summed E-state index contributed by atoms with van der Waals surface area (Å²) in [6, 6.07) is 15.2. The number of aryl methyl sites for hydroxylation is 1. The highest BCUT2D eigenvalue weighted by molar-refractivity contribution is 6.31. The topological polar surface area (TPSA) is 20.2 Å². The molecule has 0 radical (unpaired) electrons. The summed E-state index contributed by atoms with van der Waals surface area (Å²) in [6.07, 6.45) is 0. The van der Waals surface area contributed by atoms with Crippen molar-refractivity contribution < 1.29 is 5.11 Å². The zero-order valence-corrected chi connectivity index (χ0v) is 10.7. The second-order valence-corrected chi connectivity index (χ2v) is 4.83. The number of rotatable bonds is 2. The van der Waals surface area contributed by atoms with Gasteiger partial charge >= 0.3 is 0 Å². The molecule has 0 heterocycles. The summed E-state index contributed by atoms with van der Waals surface area (Å²) in [4.78, 5) is 0. The van der Waals surface area contributed by atoms with Crippen molar-refractivity contribution in [2.45, 2.75) is 19.4 Å². The second-order valence-electron chi connectivity index (χ2n) is 4.42. The molecule has 2 aromatic carbocycles. The molecule has 1 nitrogen and oxygen atoms in total. The molecular formula is C15H15ClO. The molecule has 0 spiro atoms. The van der Waals surface area contributed by atoms with Crippen molar-refractivity contribution in [1.29, 1.82) is 0 Å². The van der Waals surface area contributed by atoms with Crippen LogP contribution >= 0.6 is 11.6 Å². The predicted molar refractivity (Wildman–Crippen MR) is 71.3 cm³/mol. The maximum Gasteiger partial charge on any atom is 0.113 e. The lowest BCUT2D eigenvalue weighted by Gasteiger charge is -2.25. The van der Waals surface area contributed by atoms with E-state index in [9.17, 15) is 5.11 Å². The van der Waals surface area contributed by atoms with Gasteiger partial charge in [0, 0.05) is 10.6 Å². The highest BCUT2D eigenvalue weighted by Gasteiger charge is 2.27. The van der Waals surface area contributed by atoms with Crippen LogP contribution < -0.4 is 0 Å². The van der Waals surface area contributed by atoms with Crippen LogP contribution in [0.1, 0.15) is 23.6 Å². The van der Waals surface area contributed by atoms with Crippen LogP contribution in [0, 0.1) is 6.92 Å². The highest BCUT2D eigenvalue weighted by atomic mass is 35.5. The molecule has 0 amide bonds. The minimum atomic E-state index is -1.07. The summed E-state index contributed by atoms with van der Waals surface area (Å²) in [5.74, 6) is 0. The molecule has 1 atom stereocenters. The Bertz CT molecular complexity index is 532. The predicted octanol–water partition coefficient (Wildman–Crippen LogP) is 3.90. The third-order valence-corrected chi connectivity index (χ3v) is 3.31. The fourth-order valence-corrected chi connectivity index (χ4v) is 2.28. The van der Waals surface area contributed by atoms with E-state index in [1.54, 1.807) is 13.0 Å². The van der Waals surface area contributed by atoms with E-state index in [-0.39, 0.29) is 0 Å². The van der Waals surface area contributed by atoms with Crippen molar-refractivity contribution in [3.05, 3.63) is 70.2 Å². The lowest BCUT2D eigenvalue weighted by Crippen LogP contribution is -2.23. The van der Waals surface area contributed by atoms with Gasteiger partial charge in [-0.05, 0) is 25.5 Å². The molecule has 17 heavy (non-hydrogen) atoms. The first kappa shape index (κ1) is 12.2. The van der Waals surface area contributed by atoms with Crippen LogP contribution in [0.5, 0.6) is 0 Å². The molecule has 2 heteroatoms. The number of hydrogen-bond donors (Lipinski definition) is 1. The summed E-state index contributed by atoms with van der Waals surface area (Å²) >= 11 is 6.14. The number of aliphatic hydroxyl groups is 1. The van der Waals surface area contributed by atoms with E-state index in [4.69, 9.17) is 11.6 Å². The lowest BCUT2D eigenvalue weighted by molar-refractivity contribution is 0.102. The zero-order valence-electron chi connectivity index (χ0n) is 9.94. The van der Waals surface area contributed by atoms with Gasteiger partial charge in [-0.25, -0.2) is 0 Å². The van der Waals surface area contributed by atoms with Crippen LogP contribution in [0.4, 0.5) is 0 Å². The zero-order chi connectivity index (χ0) is 12.5. The standard InChI is InChI=1S/C15H15ClO/c1-11-6-5-7-12(10-11)15(2,17)13-8-3-4-9-14(13)16/h3-10,17H,1-2H3. The van der Waals surface area contributed by atoms with E-state index in [1.165, 1.54) is 0 Å². The van der Waals surface area contributed by atoms with Crippen molar-refractivity contribution in [3.63, 3.8) is 0 Å². The minimum Gasteiger partial charge on any atom is -0.381 e. The molecule has 0 aliphatic heterocycles. The van der Waals surface area contributed by atoms with Crippen LogP contribution in [-0.4, -0.2) is 5.11 Å². The van der Waals surface area contributed by atoms with E-state index in [2.05, 4.69) is 0 Å².